The predicted molar refractivity (Wildman–Crippen MR) is 203 cm³/mol. The molecule has 2 aromatic carbocycles. The van der Waals surface area contributed by atoms with Crippen LogP contribution in [0.2, 0.25) is 10.0 Å². The number of anilines is 1. The SMILES string of the molecule is COC(=O)C1CCN(Cc2nc3c(c(OC)n2)CN(c2cccc(-c4cccc(-c5ccc(CNCC6CCC(=O)N6)c(OC)n5)c4Cl)c2Cl)C3)CC1. The molecule has 5 heterocycles. The lowest BCUT2D eigenvalue weighted by atomic mass is 9.97. The number of benzene rings is 2. The van der Waals surface area contributed by atoms with Crippen LogP contribution in [0.3, 0.4) is 0 Å². The molecule has 14 heteroatoms. The molecule has 0 bridgehead atoms. The third kappa shape index (κ3) is 7.91. The number of halogens is 2. The number of carbonyl (C=O) groups excluding carboxylic acids is 2. The molecule has 0 saturated carbocycles. The van der Waals surface area contributed by atoms with Crippen molar-refractivity contribution >= 4 is 40.8 Å². The lowest BCUT2D eigenvalue weighted by Crippen LogP contribution is -2.36. The van der Waals surface area contributed by atoms with Crippen molar-refractivity contribution in [2.45, 2.75) is 57.9 Å². The first-order valence-corrected chi connectivity index (χ1v) is 18.6. The second kappa shape index (κ2) is 16.3. The Kier molecular flexibility index (Phi) is 11.3. The van der Waals surface area contributed by atoms with E-state index in [1.165, 1.54) is 7.11 Å². The summed E-state index contributed by atoms with van der Waals surface area (Å²) in [6.45, 7) is 4.44. The molecule has 278 valence electrons. The van der Waals surface area contributed by atoms with Crippen LogP contribution in [0.5, 0.6) is 11.8 Å². The first-order chi connectivity index (χ1) is 25.8. The maximum Gasteiger partial charge on any atom is 0.308 e. The number of aromatic nitrogens is 3. The molecule has 0 radical (unpaired) electrons. The number of esters is 1. The number of hydrogen-bond donors (Lipinski definition) is 2. The number of fused-ring (bicyclic) bond motifs is 1. The van der Waals surface area contributed by atoms with Gasteiger partial charge in [-0.05, 0) is 44.5 Å². The first-order valence-electron chi connectivity index (χ1n) is 17.9. The van der Waals surface area contributed by atoms with Crippen molar-refractivity contribution in [3.63, 3.8) is 0 Å². The summed E-state index contributed by atoms with van der Waals surface area (Å²) < 4.78 is 16.4. The highest BCUT2D eigenvalue weighted by atomic mass is 35.5. The van der Waals surface area contributed by atoms with E-state index in [0.29, 0.717) is 72.5 Å². The number of likely N-dealkylation sites (tertiary alicyclic amines) is 1. The second-order valence-corrected chi connectivity index (χ2v) is 14.4. The van der Waals surface area contributed by atoms with Gasteiger partial charge >= 0.3 is 5.97 Å². The summed E-state index contributed by atoms with van der Waals surface area (Å²) in [6.07, 6.45) is 2.91. The van der Waals surface area contributed by atoms with Gasteiger partial charge in [-0.25, -0.2) is 9.97 Å². The molecule has 12 nitrogen and oxygen atoms in total. The van der Waals surface area contributed by atoms with Crippen LogP contribution in [-0.2, 0) is 40.5 Å². The molecule has 4 aromatic rings. The zero-order valence-electron chi connectivity index (χ0n) is 30.1. The molecule has 2 N–H and O–H groups in total. The summed E-state index contributed by atoms with van der Waals surface area (Å²) in [5.74, 6) is 1.66. The zero-order valence-corrected chi connectivity index (χ0v) is 31.6. The van der Waals surface area contributed by atoms with E-state index in [2.05, 4.69) is 20.4 Å². The molecule has 0 aliphatic carbocycles. The fourth-order valence-electron chi connectivity index (χ4n) is 7.43. The molecule has 3 aliphatic heterocycles. The number of piperidine rings is 1. The van der Waals surface area contributed by atoms with Crippen LogP contribution in [0.15, 0.2) is 48.5 Å². The van der Waals surface area contributed by atoms with E-state index in [1.54, 1.807) is 14.2 Å². The largest absolute Gasteiger partial charge is 0.481 e. The van der Waals surface area contributed by atoms with Crippen molar-refractivity contribution < 1.29 is 23.8 Å². The van der Waals surface area contributed by atoms with E-state index in [1.807, 2.05) is 48.5 Å². The Labute approximate surface area is 319 Å². The average Bonchev–Trinajstić information content (AvgIpc) is 3.80. The van der Waals surface area contributed by atoms with Crippen molar-refractivity contribution in [2.24, 2.45) is 5.92 Å². The fraction of sp³-hybridized carbons (Fsp3) is 0.410. The quantitative estimate of drug-likeness (QED) is 0.170. The zero-order chi connectivity index (χ0) is 37.1. The third-order valence-electron chi connectivity index (χ3n) is 10.3. The van der Waals surface area contributed by atoms with Crippen LogP contribution in [0.25, 0.3) is 22.4 Å². The molecule has 1 atom stereocenters. The minimum atomic E-state index is -0.140. The Hall–Kier alpha value is -4.49. The monoisotopic (exact) mass is 759 g/mol. The molecule has 2 fully saturated rings. The first kappa shape index (κ1) is 36.9. The van der Waals surface area contributed by atoms with Crippen LogP contribution in [-0.4, -0.2) is 78.7 Å². The topological polar surface area (TPSA) is 131 Å². The number of carbonyl (C=O) groups is 2. The Bertz CT molecular complexity index is 2010. The van der Waals surface area contributed by atoms with Gasteiger partial charge in [0.2, 0.25) is 17.7 Å². The number of methoxy groups -OCH3 is 3. The Morgan fingerprint density at radius 3 is 2.34 bits per heavy atom. The van der Waals surface area contributed by atoms with Gasteiger partial charge in [-0.1, -0.05) is 59.6 Å². The molecule has 2 aromatic heterocycles. The van der Waals surface area contributed by atoms with Crippen LogP contribution in [0.4, 0.5) is 5.69 Å². The maximum atomic E-state index is 12.0. The van der Waals surface area contributed by atoms with Gasteiger partial charge in [0.1, 0.15) is 5.82 Å². The summed E-state index contributed by atoms with van der Waals surface area (Å²) >= 11 is 14.4. The fourth-order valence-corrected chi connectivity index (χ4v) is 8.10. The molecule has 1 amide bonds. The highest BCUT2D eigenvalue weighted by molar-refractivity contribution is 6.39. The smallest absolute Gasteiger partial charge is 0.308 e. The number of pyridine rings is 1. The van der Waals surface area contributed by atoms with Gasteiger partial charge < -0.3 is 29.7 Å². The van der Waals surface area contributed by atoms with Crippen molar-refractivity contribution in [3.05, 3.63) is 81.2 Å². The van der Waals surface area contributed by atoms with Crippen molar-refractivity contribution in [2.75, 3.05) is 45.9 Å². The van der Waals surface area contributed by atoms with Gasteiger partial charge in [-0.15, -0.1) is 0 Å². The van der Waals surface area contributed by atoms with E-state index in [-0.39, 0.29) is 23.8 Å². The van der Waals surface area contributed by atoms with E-state index < -0.39 is 0 Å². The molecule has 2 saturated heterocycles. The number of rotatable bonds is 12. The number of nitrogens with one attached hydrogen (secondary N) is 2. The highest BCUT2D eigenvalue weighted by Crippen LogP contribution is 2.44. The number of nitrogens with zero attached hydrogens (tertiary/aromatic N) is 5. The number of amides is 1. The van der Waals surface area contributed by atoms with Gasteiger partial charge in [0.05, 0.1) is 79.6 Å². The van der Waals surface area contributed by atoms with Crippen LogP contribution in [0.1, 0.15) is 48.3 Å². The molecule has 1 unspecified atom stereocenters. The van der Waals surface area contributed by atoms with Crippen molar-refractivity contribution in [3.8, 4) is 34.1 Å². The molecular formula is C39H43Cl2N7O5. The summed E-state index contributed by atoms with van der Waals surface area (Å²) in [6, 6.07) is 15.9. The standard InChI is InChI=1S/C39H43Cl2N7O5/c1-51-37-24(18-42-19-25-11-13-34(49)43-25)10-12-30(45-37)28-8-4-6-26(35(28)40)27-7-5-9-32(36(27)41)48-20-29-31(21-48)44-33(46-38(29)52-2)22-47-16-14-23(15-17-47)39(50)53-3/h4-10,12,23,25,42H,11,13-22H2,1-3H3,(H,43,49). The average molecular weight is 761 g/mol. The summed E-state index contributed by atoms with van der Waals surface area (Å²) in [5.41, 5.74) is 6.62. The molecule has 3 aliphatic rings. The summed E-state index contributed by atoms with van der Waals surface area (Å²) in [4.78, 5) is 42.5. The lowest BCUT2D eigenvalue weighted by molar-refractivity contribution is -0.147. The van der Waals surface area contributed by atoms with E-state index >= 15 is 0 Å². The number of ether oxygens (including phenoxy) is 3. The second-order valence-electron chi connectivity index (χ2n) is 13.6. The third-order valence-corrected chi connectivity index (χ3v) is 11.1. The van der Waals surface area contributed by atoms with Crippen LogP contribution < -0.4 is 25.0 Å². The predicted octanol–water partition coefficient (Wildman–Crippen LogP) is 5.80. The van der Waals surface area contributed by atoms with Crippen LogP contribution >= 0.6 is 23.2 Å². The Morgan fingerprint density at radius 1 is 0.887 bits per heavy atom. The molecule has 53 heavy (non-hydrogen) atoms. The lowest BCUT2D eigenvalue weighted by Gasteiger charge is -2.30. The van der Waals surface area contributed by atoms with Crippen molar-refractivity contribution in [1.29, 1.82) is 0 Å². The van der Waals surface area contributed by atoms with Crippen LogP contribution in [0, 0.1) is 5.92 Å². The van der Waals surface area contributed by atoms with E-state index in [9.17, 15) is 9.59 Å². The van der Waals surface area contributed by atoms with E-state index in [0.717, 1.165) is 71.6 Å². The molecule has 0 spiro atoms. The van der Waals surface area contributed by atoms with Gasteiger partial charge in [-0.3, -0.25) is 14.5 Å². The Morgan fingerprint density at radius 2 is 1.62 bits per heavy atom. The van der Waals surface area contributed by atoms with Gasteiger partial charge in [0, 0.05) is 47.8 Å². The highest BCUT2D eigenvalue weighted by Gasteiger charge is 2.30. The molecular weight excluding hydrogens is 717 g/mol. The van der Waals surface area contributed by atoms with Gasteiger partial charge in [0.25, 0.3) is 0 Å². The molecule has 7 rings (SSSR count). The number of hydrogen-bond acceptors (Lipinski definition) is 11. The minimum absolute atomic E-state index is 0.0577. The van der Waals surface area contributed by atoms with Gasteiger partial charge in [-0.2, -0.15) is 4.98 Å². The normalized spacial score (nSPS) is 17.5. The minimum Gasteiger partial charge on any atom is -0.481 e. The van der Waals surface area contributed by atoms with Gasteiger partial charge in [0.15, 0.2) is 0 Å². The van der Waals surface area contributed by atoms with E-state index in [4.69, 9.17) is 52.4 Å². The Balaban J connectivity index is 1.07. The maximum absolute atomic E-state index is 12.0. The summed E-state index contributed by atoms with van der Waals surface area (Å²) in [5, 5.41) is 7.49. The summed E-state index contributed by atoms with van der Waals surface area (Å²) in [7, 11) is 4.68. The van der Waals surface area contributed by atoms with Crippen molar-refractivity contribution in [1.82, 2.24) is 30.5 Å².